The summed E-state index contributed by atoms with van der Waals surface area (Å²) in [5, 5.41) is 7.95. The van der Waals surface area contributed by atoms with Crippen LogP contribution in [0.1, 0.15) is 38.2 Å². The van der Waals surface area contributed by atoms with E-state index in [4.69, 9.17) is 11.6 Å². The van der Waals surface area contributed by atoms with Crippen LogP contribution in [0.5, 0.6) is 0 Å². The largest absolute Gasteiger partial charge is 0.356 e. The van der Waals surface area contributed by atoms with Crippen LogP contribution in [0, 0.1) is 0 Å². The number of aliphatic imine (C=N–C) groups is 1. The number of guanidine groups is 1. The van der Waals surface area contributed by atoms with Crippen molar-refractivity contribution in [2.24, 2.45) is 4.99 Å². The third-order valence-corrected chi connectivity index (χ3v) is 6.42. The molecule has 1 fully saturated rings. The summed E-state index contributed by atoms with van der Waals surface area (Å²) >= 11 is 6.01. The van der Waals surface area contributed by atoms with Crippen LogP contribution >= 0.6 is 11.6 Å². The van der Waals surface area contributed by atoms with Gasteiger partial charge in [-0.3, -0.25) is 9.20 Å². The monoisotopic (exact) mass is 369 g/mol. The highest BCUT2D eigenvalue weighted by atomic mass is 35.5. The molecule has 134 valence electrons. The minimum Gasteiger partial charge on any atom is -0.356 e. The average Bonchev–Trinajstić information content (AvgIpc) is 2.60. The van der Waals surface area contributed by atoms with E-state index in [-0.39, 0.29) is 0 Å². The third-order valence-electron chi connectivity index (χ3n) is 4.44. The lowest BCUT2D eigenvalue weighted by Gasteiger charge is -2.30. The Bertz CT molecular complexity index is 579. The van der Waals surface area contributed by atoms with Crippen molar-refractivity contribution in [2.75, 3.05) is 19.3 Å². The molecular weight excluding hydrogens is 342 g/mol. The molecule has 1 aliphatic rings. The second-order valence-corrected chi connectivity index (χ2v) is 8.62. The molecule has 0 spiro atoms. The lowest BCUT2D eigenvalue weighted by molar-refractivity contribution is 0.413. The second-order valence-electron chi connectivity index (χ2n) is 6.18. The quantitative estimate of drug-likeness (QED) is 0.598. The molecule has 0 saturated heterocycles. The minimum atomic E-state index is -0.696. The average molecular weight is 370 g/mol. The number of halogens is 1. The Balaban J connectivity index is 1.78. The first-order valence-electron chi connectivity index (χ1n) is 8.71. The van der Waals surface area contributed by atoms with E-state index < -0.39 is 10.8 Å². The van der Waals surface area contributed by atoms with E-state index in [0.717, 1.165) is 55.4 Å². The Labute approximate surface area is 152 Å². The smallest absolute Gasteiger partial charge is 0.191 e. The normalized spacial score (nSPS) is 22.9. The van der Waals surface area contributed by atoms with Gasteiger partial charge >= 0.3 is 0 Å². The molecule has 4 nitrogen and oxygen atoms in total. The number of hydrogen-bond donors (Lipinski definition) is 2. The summed E-state index contributed by atoms with van der Waals surface area (Å²) < 4.78 is 12.1. The van der Waals surface area contributed by atoms with Crippen molar-refractivity contribution >= 4 is 28.4 Å². The lowest BCUT2D eigenvalue weighted by Crippen LogP contribution is -2.47. The van der Waals surface area contributed by atoms with Gasteiger partial charge in [-0.05, 0) is 43.4 Å². The molecule has 0 bridgehead atoms. The van der Waals surface area contributed by atoms with Crippen LogP contribution in [0.25, 0.3) is 0 Å². The fraction of sp³-hybridized carbons (Fsp3) is 0.611. The van der Waals surface area contributed by atoms with Gasteiger partial charge in [-0.15, -0.1) is 0 Å². The summed E-state index contributed by atoms with van der Waals surface area (Å²) in [6.45, 7) is 2.81. The number of nitrogens with zero attached hydrogens (tertiary/aromatic N) is 1. The van der Waals surface area contributed by atoms with Crippen LogP contribution in [0.2, 0.25) is 5.02 Å². The molecule has 0 amide bonds. The Kier molecular flexibility index (Phi) is 8.06. The Hall–Kier alpha value is -1.07. The van der Waals surface area contributed by atoms with Crippen LogP contribution in [-0.2, 0) is 17.2 Å². The molecule has 3 unspecified atom stereocenters. The molecule has 2 N–H and O–H groups in total. The first kappa shape index (κ1) is 19.3. The molecule has 0 aromatic heterocycles. The molecule has 1 aromatic carbocycles. The summed E-state index contributed by atoms with van der Waals surface area (Å²) in [6, 6.07) is 8.29. The highest BCUT2D eigenvalue weighted by Crippen LogP contribution is 2.22. The van der Waals surface area contributed by atoms with Gasteiger partial charge in [0.25, 0.3) is 0 Å². The predicted molar refractivity (Wildman–Crippen MR) is 104 cm³/mol. The summed E-state index contributed by atoms with van der Waals surface area (Å²) in [4.78, 5) is 4.31. The summed E-state index contributed by atoms with van der Waals surface area (Å²) in [7, 11) is 1.09. The number of nitrogens with one attached hydrogen (secondary N) is 2. The van der Waals surface area contributed by atoms with Crippen LogP contribution in [-0.4, -0.2) is 40.8 Å². The van der Waals surface area contributed by atoms with Crippen molar-refractivity contribution in [1.82, 2.24) is 10.6 Å². The van der Waals surface area contributed by atoms with Gasteiger partial charge in [-0.1, -0.05) is 37.1 Å². The molecule has 24 heavy (non-hydrogen) atoms. The topological polar surface area (TPSA) is 53.5 Å². The highest BCUT2D eigenvalue weighted by molar-refractivity contribution is 7.85. The van der Waals surface area contributed by atoms with Gasteiger partial charge in [0.2, 0.25) is 0 Å². The van der Waals surface area contributed by atoms with E-state index >= 15 is 0 Å². The number of rotatable bonds is 6. The Morgan fingerprint density at radius 3 is 2.96 bits per heavy atom. The van der Waals surface area contributed by atoms with Crippen molar-refractivity contribution in [3.63, 3.8) is 0 Å². The Morgan fingerprint density at radius 1 is 1.42 bits per heavy atom. The summed E-state index contributed by atoms with van der Waals surface area (Å²) in [6.07, 6.45) is 5.20. The highest BCUT2D eigenvalue weighted by Gasteiger charge is 2.25. The van der Waals surface area contributed by atoms with Crippen LogP contribution in [0.4, 0.5) is 0 Å². The zero-order valence-corrected chi connectivity index (χ0v) is 16.1. The lowest BCUT2D eigenvalue weighted by atomic mass is 9.95. The van der Waals surface area contributed by atoms with Crippen molar-refractivity contribution < 1.29 is 4.21 Å². The summed E-state index contributed by atoms with van der Waals surface area (Å²) in [5.41, 5.74) is 1.21. The van der Waals surface area contributed by atoms with Crippen molar-refractivity contribution in [3.8, 4) is 0 Å². The fourth-order valence-corrected chi connectivity index (χ4v) is 4.72. The van der Waals surface area contributed by atoms with E-state index in [0.29, 0.717) is 11.3 Å². The molecule has 6 heteroatoms. The maximum atomic E-state index is 12.1. The Morgan fingerprint density at radius 2 is 2.25 bits per heavy atom. The maximum absolute atomic E-state index is 12.1. The van der Waals surface area contributed by atoms with Gasteiger partial charge in [0.15, 0.2) is 5.96 Å². The van der Waals surface area contributed by atoms with E-state index in [2.05, 4.69) is 21.7 Å². The van der Waals surface area contributed by atoms with Crippen LogP contribution in [0.3, 0.4) is 0 Å². The molecule has 1 aromatic rings. The van der Waals surface area contributed by atoms with Crippen LogP contribution in [0.15, 0.2) is 29.3 Å². The van der Waals surface area contributed by atoms with Crippen molar-refractivity contribution in [2.45, 2.75) is 50.3 Å². The zero-order valence-electron chi connectivity index (χ0n) is 14.6. The van der Waals surface area contributed by atoms with Gasteiger partial charge in [0.1, 0.15) is 0 Å². The molecule has 1 aliphatic carbocycles. The third kappa shape index (κ3) is 6.10. The van der Waals surface area contributed by atoms with Crippen LogP contribution < -0.4 is 10.6 Å². The van der Waals surface area contributed by atoms with Gasteiger partial charge in [-0.25, -0.2) is 0 Å². The first-order valence-corrected chi connectivity index (χ1v) is 10.5. The number of benzene rings is 1. The van der Waals surface area contributed by atoms with Crippen molar-refractivity contribution in [3.05, 3.63) is 34.9 Å². The van der Waals surface area contributed by atoms with E-state index in [1.165, 1.54) is 5.56 Å². The van der Waals surface area contributed by atoms with Gasteiger partial charge in [-0.2, -0.15) is 0 Å². The fourth-order valence-electron chi connectivity index (χ4n) is 3.16. The molecule has 0 aliphatic heterocycles. The molecule has 0 radical (unpaired) electrons. The van der Waals surface area contributed by atoms with Gasteiger partial charge in [0, 0.05) is 46.5 Å². The van der Waals surface area contributed by atoms with Crippen molar-refractivity contribution in [1.29, 1.82) is 0 Å². The predicted octanol–water partition coefficient (Wildman–Crippen LogP) is 3.13. The molecule has 2 rings (SSSR count). The molecule has 1 saturated carbocycles. The standard InChI is InChI=1S/C18H28ClN3OS/c1-3-24(23)17-9-5-8-16(13-17)22-18(20-2)21-11-10-14-6-4-7-15(19)12-14/h4,6-7,12,16-17H,3,5,8-11,13H2,1-2H3,(H2,20,21,22). The molecular formula is C18H28ClN3OS. The molecule has 0 heterocycles. The number of hydrogen-bond acceptors (Lipinski definition) is 2. The minimum absolute atomic E-state index is 0.325. The zero-order chi connectivity index (χ0) is 17.4. The first-order chi connectivity index (χ1) is 11.6. The SMILES string of the molecule is CCS(=O)C1CCCC(NC(=NC)NCCc2cccc(Cl)c2)C1. The summed E-state index contributed by atoms with van der Waals surface area (Å²) in [5.74, 6) is 1.58. The van der Waals surface area contributed by atoms with Gasteiger partial charge in [0.05, 0.1) is 0 Å². The van der Waals surface area contributed by atoms with Gasteiger partial charge < -0.3 is 10.6 Å². The molecule has 3 atom stereocenters. The van der Waals surface area contributed by atoms with E-state index in [1.54, 1.807) is 7.05 Å². The van der Waals surface area contributed by atoms with E-state index in [9.17, 15) is 4.21 Å². The maximum Gasteiger partial charge on any atom is 0.191 e. The second kappa shape index (κ2) is 10.0. The van der Waals surface area contributed by atoms with E-state index in [1.807, 2.05) is 25.1 Å².